The molecule has 1 aromatic rings. The molecular formula is C14H17NO3. The van der Waals surface area contributed by atoms with Gasteiger partial charge in [-0.2, -0.15) is 0 Å². The van der Waals surface area contributed by atoms with Crippen LogP contribution in [0, 0.1) is 43.7 Å². The van der Waals surface area contributed by atoms with E-state index in [1.165, 1.54) is 0 Å². The predicted octanol–water partition coefficient (Wildman–Crippen LogP) is 3.07. The quantitative estimate of drug-likeness (QED) is 0.566. The Kier molecular flexibility index (Phi) is 2.76. The van der Waals surface area contributed by atoms with Crippen LogP contribution in [0.3, 0.4) is 0 Å². The molecule has 0 aliphatic heterocycles. The number of hydrogen-bond acceptors (Lipinski definition) is 3. The summed E-state index contributed by atoms with van der Waals surface area (Å²) in [4.78, 5) is 23.2. The van der Waals surface area contributed by atoms with Gasteiger partial charge in [-0.15, -0.1) is 0 Å². The molecular weight excluding hydrogens is 230 g/mol. The van der Waals surface area contributed by atoms with Gasteiger partial charge in [-0.3, -0.25) is 14.9 Å². The number of rotatable bonds is 1. The highest BCUT2D eigenvalue weighted by Crippen LogP contribution is 2.43. The van der Waals surface area contributed by atoms with E-state index in [1.54, 1.807) is 6.92 Å². The lowest BCUT2D eigenvalue weighted by Gasteiger charge is -2.15. The van der Waals surface area contributed by atoms with E-state index in [0.29, 0.717) is 11.1 Å². The molecule has 0 spiro atoms. The molecule has 4 nitrogen and oxygen atoms in total. The summed E-state index contributed by atoms with van der Waals surface area (Å²) in [6, 6.07) is -0.884. The van der Waals surface area contributed by atoms with Crippen molar-refractivity contribution < 1.29 is 9.72 Å². The van der Waals surface area contributed by atoms with Crippen LogP contribution in [0.2, 0.25) is 0 Å². The summed E-state index contributed by atoms with van der Waals surface area (Å²) in [5.74, 6) is -0.649. The van der Waals surface area contributed by atoms with Crippen molar-refractivity contribution in [3.05, 3.63) is 43.5 Å². The van der Waals surface area contributed by atoms with Crippen LogP contribution >= 0.6 is 0 Å². The topological polar surface area (TPSA) is 60.2 Å². The summed E-state index contributed by atoms with van der Waals surface area (Å²) in [6.07, 6.45) is 0. The van der Waals surface area contributed by atoms with E-state index in [2.05, 4.69) is 0 Å². The van der Waals surface area contributed by atoms with Crippen molar-refractivity contribution in [1.82, 2.24) is 0 Å². The summed E-state index contributed by atoms with van der Waals surface area (Å²) in [6.45, 7) is 9.34. The van der Waals surface area contributed by atoms with Gasteiger partial charge in [-0.05, 0) is 56.9 Å². The standard InChI is InChI=1S/C14H17NO3/c1-6-7(2)9(4)12-11(8(6)3)13(15(17)18)10(5)14(12)16/h10,13H,1-5H3/t10-,13-/m1/s1. The largest absolute Gasteiger partial charge is 0.294 e. The van der Waals surface area contributed by atoms with Gasteiger partial charge in [0.2, 0.25) is 6.04 Å². The second-order valence-electron chi connectivity index (χ2n) is 5.17. The van der Waals surface area contributed by atoms with E-state index < -0.39 is 12.0 Å². The molecule has 0 N–H and O–H groups in total. The number of carbonyl (C=O) groups is 1. The van der Waals surface area contributed by atoms with Crippen LogP contribution in [0.25, 0.3) is 0 Å². The molecule has 0 unspecified atom stereocenters. The van der Waals surface area contributed by atoms with Crippen LogP contribution < -0.4 is 0 Å². The predicted molar refractivity (Wildman–Crippen MR) is 68.6 cm³/mol. The zero-order valence-corrected chi connectivity index (χ0v) is 11.3. The highest BCUT2D eigenvalue weighted by atomic mass is 16.6. The van der Waals surface area contributed by atoms with Crippen molar-refractivity contribution in [3.8, 4) is 0 Å². The lowest BCUT2D eigenvalue weighted by atomic mass is 9.89. The minimum absolute atomic E-state index is 0.0876. The van der Waals surface area contributed by atoms with Crippen LogP contribution in [0.5, 0.6) is 0 Å². The third kappa shape index (κ3) is 1.41. The lowest BCUT2D eigenvalue weighted by Crippen LogP contribution is -2.17. The first-order chi connectivity index (χ1) is 8.29. The Balaban J connectivity index is 2.87. The molecule has 1 aliphatic carbocycles. The molecule has 0 amide bonds. The van der Waals surface area contributed by atoms with Crippen molar-refractivity contribution in [2.45, 2.75) is 40.7 Å². The van der Waals surface area contributed by atoms with Crippen LogP contribution in [0.1, 0.15) is 51.1 Å². The van der Waals surface area contributed by atoms with Crippen molar-refractivity contribution in [3.63, 3.8) is 0 Å². The van der Waals surface area contributed by atoms with Gasteiger partial charge in [0.1, 0.15) is 0 Å². The van der Waals surface area contributed by atoms with Gasteiger partial charge in [0, 0.05) is 16.1 Å². The monoisotopic (exact) mass is 247 g/mol. The fraction of sp³-hybridized carbons (Fsp3) is 0.500. The number of ketones is 1. The molecule has 0 heterocycles. The molecule has 0 aromatic heterocycles. The van der Waals surface area contributed by atoms with Crippen molar-refractivity contribution >= 4 is 5.78 Å². The molecule has 0 saturated heterocycles. The Morgan fingerprint density at radius 3 is 2.00 bits per heavy atom. The van der Waals surface area contributed by atoms with E-state index in [4.69, 9.17) is 0 Å². The Morgan fingerprint density at radius 1 is 1.00 bits per heavy atom. The maximum absolute atomic E-state index is 12.2. The van der Waals surface area contributed by atoms with Gasteiger partial charge in [0.15, 0.2) is 5.78 Å². The van der Waals surface area contributed by atoms with Crippen LogP contribution in [0.4, 0.5) is 0 Å². The first kappa shape index (κ1) is 12.7. The third-order valence-corrected chi connectivity index (χ3v) is 4.39. The smallest absolute Gasteiger partial charge is 0.248 e. The van der Waals surface area contributed by atoms with Gasteiger partial charge in [-0.25, -0.2) is 0 Å². The van der Waals surface area contributed by atoms with E-state index in [9.17, 15) is 14.9 Å². The Morgan fingerprint density at radius 2 is 1.50 bits per heavy atom. The average molecular weight is 247 g/mol. The molecule has 0 radical (unpaired) electrons. The Bertz CT molecular complexity index is 575. The first-order valence-corrected chi connectivity index (χ1v) is 6.07. The van der Waals surface area contributed by atoms with Crippen LogP contribution in [-0.4, -0.2) is 10.7 Å². The normalized spacial score (nSPS) is 22.2. The second-order valence-corrected chi connectivity index (χ2v) is 5.17. The van der Waals surface area contributed by atoms with Crippen molar-refractivity contribution in [1.29, 1.82) is 0 Å². The highest BCUT2D eigenvalue weighted by Gasteiger charge is 2.47. The highest BCUT2D eigenvalue weighted by molar-refractivity contribution is 6.04. The van der Waals surface area contributed by atoms with E-state index in [1.807, 2.05) is 27.7 Å². The van der Waals surface area contributed by atoms with Gasteiger partial charge in [0.25, 0.3) is 0 Å². The van der Waals surface area contributed by atoms with E-state index >= 15 is 0 Å². The van der Waals surface area contributed by atoms with E-state index in [0.717, 1.165) is 22.3 Å². The van der Waals surface area contributed by atoms with Crippen molar-refractivity contribution in [2.75, 3.05) is 0 Å². The van der Waals surface area contributed by atoms with Gasteiger partial charge >= 0.3 is 0 Å². The molecule has 0 fully saturated rings. The third-order valence-electron chi connectivity index (χ3n) is 4.39. The zero-order chi connectivity index (χ0) is 13.8. The second kappa shape index (κ2) is 3.90. The van der Waals surface area contributed by atoms with Gasteiger partial charge < -0.3 is 0 Å². The number of benzene rings is 1. The first-order valence-electron chi connectivity index (χ1n) is 6.07. The number of fused-ring (bicyclic) bond motifs is 1. The fourth-order valence-electron chi connectivity index (χ4n) is 2.94. The molecule has 2 rings (SSSR count). The molecule has 18 heavy (non-hydrogen) atoms. The molecule has 2 atom stereocenters. The Hall–Kier alpha value is -1.71. The molecule has 1 aromatic carbocycles. The summed E-state index contributed by atoms with van der Waals surface area (Å²) in [7, 11) is 0. The molecule has 0 bridgehead atoms. The Labute approximate surface area is 106 Å². The minimum Gasteiger partial charge on any atom is -0.294 e. The number of Topliss-reactive ketones (excluding diaryl/α,β-unsaturated/α-hetero) is 1. The number of carbonyl (C=O) groups excluding carboxylic acids is 1. The zero-order valence-electron chi connectivity index (χ0n) is 11.3. The summed E-state index contributed by atoms with van der Waals surface area (Å²) >= 11 is 0. The SMILES string of the molecule is Cc1c(C)c(C)c2c(c1C)C(=O)[C@H](C)[C@H]2[N+](=O)[O-]. The van der Waals surface area contributed by atoms with Crippen LogP contribution in [0.15, 0.2) is 0 Å². The van der Waals surface area contributed by atoms with E-state index in [-0.39, 0.29) is 10.7 Å². The van der Waals surface area contributed by atoms with Crippen molar-refractivity contribution in [2.24, 2.45) is 5.92 Å². The summed E-state index contributed by atoms with van der Waals surface area (Å²) < 4.78 is 0. The lowest BCUT2D eigenvalue weighted by molar-refractivity contribution is -0.533. The fourth-order valence-corrected chi connectivity index (χ4v) is 2.94. The number of nitrogens with zero attached hydrogens (tertiary/aromatic N) is 1. The molecule has 4 heteroatoms. The number of nitro groups is 1. The average Bonchev–Trinajstić information content (AvgIpc) is 2.57. The molecule has 1 aliphatic rings. The summed E-state index contributed by atoms with van der Waals surface area (Å²) in [5.41, 5.74) is 5.14. The minimum atomic E-state index is -0.884. The molecule has 0 saturated carbocycles. The number of hydrogen-bond donors (Lipinski definition) is 0. The maximum atomic E-state index is 12.2. The van der Waals surface area contributed by atoms with Gasteiger partial charge in [-0.1, -0.05) is 0 Å². The molecule has 96 valence electrons. The van der Waals surface area contributed by atoms with Crippen LogP contribution in [-0.2, 0) is 0 Å². The maximum Gasteiger partial charge on any atom is 0.248 e. The summed E-state index contributed by atoms with van der Waals surface area (Å²) in [5, 5.41) is 11.2. The van der Waals surface area contributed by atoms with Gasteiger partial charge in [0.05, 0.1) is 5.92 Å².